The molecular formula is C12H20O6. The highest BCUT2D eigenvalue weighted by molar-refractivity contribution is 5.95. The molecule has 0 radical (unpaired) electrons. The summed E-state index contributed by atoms with van der Waals surface area (Å²) in [6.07, 6.45) is 0.451. The van der Waals surface area contributed by atoms with Crippen molar-refractivity contribution in [3.63, 3.8) is 0 Å². The van der Waals surface area contributed by atoms with Crippen LogP contribution in [0.25, 0.3) is 0 Å². The van der Waals surface area contributed by atoms with Gasteiger partial charge in [-0.25, -0.2) is 0 Å². The minimum absolute atomic E-state index is 0.0147. The lowest BCUT2D eigenvalue weighted by Gasteiger charge is -2.21. The van der Waals surface area contributed by atoms with E-state index in [1.165, 1.54) is 14.2 Å². The average Bonchev–Trinajstić information content (AvgIpc) is 2.37. The molecule has 6 nitrogen and oxygen atoms in total. The summed E-state index contributed by atoms with van der Waals surface area (Å²) < 4.78 is 13.9. The highest BCUT2D eigenvalue weighted by atomic mass is 16.5. The van der Waals surface area contributed by atoms with Crippen LogP contribution < -0.4 is 0 Å². The first-order valence-corrected chi connectivity index (χ1v) is 5.82. The van der Waals surface area contributed by atoms with Crippen LogP contribution in [0.1, 0.15) is 26.7 Å². The van der Waals surface area contributed by atoms with E-state index in [1.807, 2.05) is 0 Å². The maximum Gasteiger partial charge on any atom is 0.320 e. The summed E-state index contributed by atoms with van der Waals surface area (Å²) in [6.45, 7) is 3.73. The van der Waals surface area contributed by atoms with Gasteiger partial charge in [0.25, 0.3) is 0 Å². The van der Waals surface area contributed by atoms with Gasteiger partial charge in [-0.2, -0.15) is 0 Å². The first-order valence-electron chi connectivity index (χ1n) is 5.82. The van der Waals surface area contributed by atoms with E-state index in [2.05, 4.69) is 9.47 Å². The second-order valence-electron chi connectivity index (χ2n) is 3.70. The molecule has 0 heterocycles. The summed E-state index contributed by atoms with van der Waals surface area (Å²) in [6, 6.07) is 0. The standard InChI is InChI=1S/C12H20O6/c1-5-8(7-9(13)18-6-2)10(11(14)16-3)12(15)17-4/h8,10H,5-7H2,1-4H3/t8-/m1/s1. The summed E-state index contributed by atoms with van der Waals surface area (Å²) in [4.78, 5) is 34.6. The Morgan fingerprint density at radius 2 is 1.50 bits per heavy atom. The largest absolute Gasteiger partial charge is 0.468 e. The van der Waals surface area contributed by atoms with E-state index in [9.17, 15) is 14.4 Å². The van der Waals surface area contributed by atoms with Gasteiger partial charge in [0, 0.05) is 6.42 Å². The van der Waals surface area contributed by atoms with Gasteiger partial charge in [-0.15, -0.1) is 0 Å². The zero-order chi connectivity index (χ0) is 14.1. The van der Waals surface area contributed by atoms with Crippen molar-refractivity contribution >= 4 is 17.9 Å². The molecule has 0 aliphatic heterocycles. The van der Waals surface area contributed by atoms with Gasteiger partial charge in [-0.05, 0) is 12.8 Å². The van der Waals surface area contributed by atoms with Crippen LogP contribution in [-0.4, -0.2) is 38.7 Å². The van der Waals surface area contributed by atoms with Crippen molar-refractivity contribution in [2.75, 3.05) is 20.8 Å². The highest BCUT2D eigenvalue weighted by Gasteiger charge is 2.37. The molecule has 18 heavy (non-hydrogen) atoms. The quantitative estimate of drug-likeness (QED) is 0.385. The predicted molar refractivity (Wildman–Crippen MR) is 62.6 cm³/mol. The molecule has 0 aliphatic carbocycles. The molecule has 0 saturated heterocycles. The van der Waals surface area contributed by atoms with Crippen molar-refractivity contribution in [3.05, 3.63) is 0 Å². The molecule has 0 N–H and O–H groups in total. The first kappa shape index (κ1) is 16.4. The van der Waals surface area contributed by atoms with Gasteiger partial charge >= 0.3 is 17.9 Å². The number of hydrogen-bond donors (Lipinski definition) is 0. The minimum Gasteiger partial charge on any atom is -0.468 e. The summed E-state index contributed by atoms with van der Waals surface area (Å²) in [5.41, 5.74) is 0. The van der Waals surface area contributed by atoms with Gasteiger partial charge in [0.05, 0.1) is 20.8 Å². The Balaban J connectivity index is 4.86. The van der Waals surface area contributed by atoms with Crippen molar-refractivity contribution in [1.82, 2.24) is 0 Å². The molecule has 0 unspecified atom stereocenters. The third-order valence-corrected chi connectivity index (χ3v) is 2.64. The molecule has 1 atom stereocenters. The van der Waals surface area contributed by atoms with Gasteiger partial charge in [0.2, 0.25) is 0 Å². The van der Waals surface area contributed by atoms with Gasteiger partial charge in [-0.3, -0.25) is 14.4 Å². The topological polar surface area (TPSA) is 78.9 Å². The van der Waals surface area contributed by atoms with Crippen LogP contribution in [0.4, 0.5) is 0 Å². The van der Waals surface area contributed by atoms with Gasteiger partial charge in [-0.1, -0.05) is 13.3 Å². The van der Waals surface area contributed by atoms with E-state index < -0.39 is 29.7 Å². The molecule has 0 aromatic carbocycles. The molecular weight excluding hydrogens is 240 g/mol. The normalized spacial score (nSPS) is 11.8. The van der Waals surface area contributed by atoms with E-state index in [0.717, 1.165) is 0 Å². The third-order valence-electron chi connectivity index (χ3n) is 2.64. The van der Waals surface area contributed by atoms with Crippen molar-refractivity contribution in [2.24, 2.45) is 11.8 Å². The van der Waals surface area contributed by atoms with Gasteiger partial charge in [0.1, 0.15) is 0 Å². The Bertz CT molecular complexity index is 283. The molecule has 0 saturated carbocycles. The van der Waals surface area contributed by atoms with Crippen molar-refractivity contribution in [2.45, 2.75) is 26.7 Å². The number of esters is 3. The number of carbonyl (C=O) groups excluding carboxylic acids is 3. The third kappa shape index (κ3) is 4.73. The zero-order valence-corrected chi connectivity index (χ0v) is 11.2. The van der Waals surface area contributed by atoms with Crippen LogP contribution >= 0.6 is 0 Å². The number of carbonyl (C=O) groups is 3. The van der Waals surface area contributed by atoms with E-state index in [-0.39, 0.29) is 13.0 Å². The van der Waals surface area contributed by atoms with Crippen LogP contribution in [0.3, 0.4) is 0 Å². The maximum atomic E-state index is 11.6. The second kappa shape index (κ2) is 8.49. The molecule has 0 aliphatic rings. The SMILES string of the molecule is CCOC(=O)C[C@@H](CC)C(C(=O)OC)C(=O)OC. The number of rotatable bonds is 7. The fraction of sp³-hybridized carbons (Fsp3) is 0.750. The zero-order valence-electron chi connectivity index (χ0n) is 11.2. The van der Waals surface area contributed by atoms with Crippen LogP contribution in [0, 0.1) is 11.8 Å². The monoisotopic (exact) mass is 260 g/mol. The molecule has 0 bridgehead atoms. The average molecular weight is 260 g/mol. The molecule has 0 amide bonds. The van der Waals surface area contributed by atoms with E-state index in [1.54, 1.807) is 13.8 Å². The fourth-order valence-corrected chi connectivity index (χ4v) is 1.67. The minimum atomic E-state index is -1.09. The molecule has 0 rings (SSSR count). The Hall–Kier alpha value is -1.59. The van der Waals surface area contributed by atoms with Crippen molar-refractivity contribution in [1.29, 1.82) is 0 Å². The lowest BCUT2D eigenvalue weighted by molar-refractivity contribution is -0.162. The van der Waals surface area contributed by atoms with Crippen LogP contribution in [-0.2, 0) is 28.6 Å². The fourth-order valence-electron chi connectivity index (χ4n) is 1.67. The van der Waals surface area contributed by atoms with E-state index in [0.29, 0.717) is 6.42 Å². The Kier molecular flexibility index (Phi) is 7.74. The van der Waals surface area contributed by atoms with E-state index >= 15 is 0 Å². The second-order valence-corrected chi connectivity index (χ2v) is 3.70. The molecule has 6 heteroatoms. The van der Waals surface area contributed by atoms with E-state index in [4.69, 9.17) is 4.74 Å². The number of methoxy groups -OCH3 is 2. The lowest BCUT2D eigenvalue weighted by Crippen LogP contribution is -2.34. The number of ether oxygens (including phenoxy) is 3. The summed E-state index contributed by atoms with van der Waals surface area (Å²) in [7, 11) is 2.38. The summed E-state index contributed by atoms with van der Waals surface area (Å²) >= 11 is 0. The molecule has 0 spiro atoms. The Morgan fingerprint density at radius 3 is 1.83 bits per heavy atom. The van der Waals surface area contributed by atoms with Crippen LogP contribution in [0.15, 0.2) is 0 Å². The van der Waals surface area contributed by atoms with Crippen LogP contribution in [0.2, 0.25) is 0 Å². The Morgan fingerprint density at radius 1 is 1.00 bits per heavy atom. The van der Waals surface area contributed by atoms with Crippen molar-refractivity contribution in [3.8, 4) is 0 Å². The first-order chi connectivity index (χ1) is 8.51. The van der Waals surface area contributed by atoms with Gasteiger partial charge in [0.15, 0.2) is 5.92 Å². The lowest BCUT2D eigenvalue weighted by atomic mass is 9.87. The van der Waals surface area contributed by atoms with Gasteiger partial charge < -0.3 is 14.2 Å². The number of hydrogen-bond acceptors (Lipinski definition) is 6. The Labute approximate surface area is 107 Å². The van der Waals surface area contributed by atoms with Crippen molar-refractivity contribution < 1.29 is 28.6 Å². The summed E-state index contributed by atoms with van der Waals surface area (Å²) in [5.74, 6) is -3.41. The predicted octanol–water partition coefficient (Wildman–Crippen LogP) is 0.928. The smallest absolute Gasteiger partial charge is 0.320 e. The maximum absolute atomic E-state index is 11.6. The molecule has 104 valence electrons. The van der Waals surface area contributed by atoms with Crippen LogP contribution in [0.5, 0.6) is 0 Å². The molecule has 0 fully saturated rings. The highest BCUT2D eigenvalue weighted by Crippen LogP contribution is 2.23. The summed E-state index contributed by atoms with van der Waals surface area (Å²) in [5, 5.41) is 0. The molecule has 0 aromatic rings. The molecule has 0 aromatic heterocycles.